The standard InChI is InChI=1S/C21H17N3O5S3/c25-18-11-15(24-32(27,28)19-7-4-10-30-19)8-9-17(18)20(26)29-12-16-13-31-21(23-16)22-14-5-2-1-3-6-14/h1-11,13,24-25H,12H2,(H,22,23). The Kier molecular flexibility index (Phi) is 6.40. The van der Waals surface area contributed by atoms with Gasteiger partial charge in [-0.25, -0.2) is 18.2 Å². The Morgan fingerprint density at radius 1 is 1.03 bits per heavy atom. The molecule has 0 aliphatic heterocycles. The number of nitrogens with zero attached hydrogens (tertiary/aromatic N) is 1. The normalized spacial score (nSPS) is 11.1. The van der Waals surface area contributed by atoms with Gasteiger partial charge in [-0.2, -0.15) is 0 Å². The fourth-order valence-electron chi connectivity index (χ4n) is 2.68. The van der Waals surface area contributed by atoms with E-state index >= 15 is 0 Å². The van der Waals surface area contributed by atoms with E-state index in [1.165, 1.54) is 29.5 Å². The van der Waals surface area contributed by atoms with Gasteiger partial charge in [0.2, 0.25) is 0 Å². The molecule has 0 atom stereocenters. The Balaban J connectivity index is 1.37. The molecule has 0 aliphatic rings. The molecule has 2 heterocycles. The van der Waals surface area contributed by atoms with Crippen LogP contribution in [0.3, 0.4) is 0 Å². The molecule has 0 bridgehead atoms. The summed E-state index contributed by atoms with van der Waals surface area (Å²) in [5.74, 6) is -1.15. The van der Waals surface area contributed by atoms with Crippen LogP contribution in [0.5, 0.6) is 5.75 Å². The van der Waals surface area contributed by atoms with Crippen molar-refractivity contribution in [3.63, 3.8) is 0 Å². The number of thiophene rings is 1. The van der Waals surface area contributed by atoms with Gasteiger partial charge in [0.1, 0.15) is 22.1 Å². The van der Waals surface area contributed by atoms with E-state index in [-0.39, 0.29) is 22.1 Å². The maximum absolute atomic E-state index is 12.4. The molecule has 3 N–H and O–H groups in total. The summed E-state index contributed by atoms with van der Waals surface area (Å²) in [7, 11) is -3.76. The van der Waals surface area contributed by atoms with Crippen LogP contribution in [0.4, 0.5) is 16.5 Å². The lowest BCUT2D eigenvalue weighted by atomic mass is 10.2. The number of nitrogens with one attached hydrogen (secondary N) is 2. The molecule has 0 fully saturated rings. The zero-order chi connectivity index (χ0) is 22.6. The summed E-state index contributed by atoms with van der Waals surface area (Å²) in [5.41, 5.74) is 1.50. The molecule has 4 rings (SSSR count). The van der Waals surface area contributed by atoms with E-state index in [1.54, 1.807) is 16.8 Å². The quantitative estimate of drug-likeness (QED) is 0.305. The second kappa shape index (κ2) is 9.39. The third-order valence-electron chi connectivity index (χ3n) is 4.16. The van der Waals surface area contributed by atoms with E-state index in [2.05, 4.69) is 15.0 Å². The number of rotatable bonds is 8. The monoisotopic (exact) mass is 487 g/mol. The lowest BCUT2D eigenvalue weighted by Gasteiger charge is -2.09. The van der Waals surface area contributed by atoms with Crippen molar-refractivity contribution in [3.8, 4) is 5.75 Å². The van der Waals surface area contributed by atoms with Crippen LogP contribution in [0.1, 0.15) is 16.1 Å². The molecule has 8 nitrogen and oxygen atoms in total. The number of ether oxygens (including phenoxy) is 1. The van der Waals surface area contributed by atoms with Crippen LogP contribution in [-0.2, 0) is 21.4 Å². The number of phenolic OH excluding ortho intramolecular Hbond substituents is 1. The fraction of sp³-hybridized carbons (Fsp3) is 0.0476. The molecule has 0 radical (unpaired) electrons. The summed E-state index contributed by atoms with van der Waals surface area (Å²) < 4.78 is 32.3. The van der Waals surface area contributed by atoms with Crippen molar-refractivity contribution < 1.29 is 23.1 Å². The van der Waals surface area contributed by atoms with Gasteiger partial charge >= 0.3 is 5.97 Å². The lowest BCUT2D eigenvalue weighted by Crippen LogP contribution is -2.12. The number of thiazole rings is 1. The van der Waals surface area contributed by atoms with E-state index in [9.17, 15) is 18.3 Å². The number of phenols is 1. The van der Waals surface area contributed by atoms with Crippen molar-refractivity contribution in [2.75, 3.05) is 10.0 Å². The molecule has 11 heteroatoms. The molecule has 2 aromatic heterocycles. The second-order valence-corrected chi connectivity index (χ2v) is 10.2. The van der Waals surface area contributed by atoms with E-state index in [4.69, 9.17) is 4.74 Å². The van der Waals surface area contributed by atoms with Gasteiger partial charge in [-0.3, -0.25) is 4.72 Å². The fourth-order valence-corrected chi connectivity index (χ4v) is 5.44. The maximum Gasteiger partial charge on any atom is 0.342 e. The van der Waals surface area contributed by atoms with E-state index < -0.39 is 21.7 Å². The molecule has 32 heavy (non-hydrogen) atoms. The number of para-hydroxylation sites is 1. The van der Waals surface area contributed by atoms with Gasteiger partial charge in [0.05, 0.1) is 11.4 Å². The van der Waals surface area contributed by atoms with Crippen LogP contribution in [-0.4, -0.2) is 24.5 Å². The Hall–Kier alpha value is -3.41. The third kappa shape index (κ3) is 5.25. The van der Waals surface area contributed by atoms with E-state index in [1.807, 2.05) is 30.3 Å². The topological polar surface area (TPSA) is 118 Å². The number of anilines is 3. The SMILES string of the molecule is O=C(OCc1csc(Nc2ccccc2)n1)c1ccc(NS(=O)(=O)c2cccs2)cc1O. The first kappa shape index (κ1) is 21.8. The molecule has 164 valence electrons. The highest BCUT2D eigenvalue weighted by Gasteiger charge is 2.18. The van der Waals surface area contributed by atoms with Gasteiger partial charge < -0.3 is 15.2 Å². The molecular formula is C21H17N3O5S3. The molecular weight excluding hydrogens is 470 g/mol. The number of sulfonamides is 1. The maximum atomic E-state index is 12.4. The number of carbonyl (C=O) groups excluding carboxylic acids is 1. The lowest BCUT2D eigenvalue weighted by molar-refractivity contribution is 0.0465. The number of esters is 1. The van der Waals surface area contributed by atoms with Crippen molar-refractivity contribution in [3.05, 3.63) is 82.7 Å². The summed E-state index contributed by atoms with van der Waals surface area (Å²) in [5, 5.41) is 17.4. The molecule has 0 spiro atoms. The first-order valence-corrected chi connectivity index (χ1v) is 12.5. The van der Waals surface area contributed by atoms with Crippen molar-refractivity contribution in [1.82, 2.24) is 4.98 Å². The number of benzene rings is 2. The van der Waals surface area contributed by atoms with Gasteiger partial charge in [-0.15, -0.1) is 22.7 Å². The molecule has 4 aromatic rings. The highest BCUT2D eigenvalue weighted by Crippen LogP contribution is 2.27. The molecule has 2 aromatic carbocycles. The zero-order valence-electron chi connectivity index (χ0n) is 16.4. The van der Waals surface area contributed by atoms with Gasteiger partial charge in [0.25, 0.3) is 10.0 Å². The zero-order valence-corrected chi connectivity index (χ0v) is 18.8. The minimum absolute atomic E-state index is 0.0714. The summed E-state index contributed by atoms with van der Waals surface area (Å²) in [6, 6.07) is 16.5. The first-order chi connectivity index (χ1) is 15.4. The van der Waals surface area contributed by atoms with E-state index in [0.29, 0.717) is 10.8 Å². The predicted octanol–water partition coefficient (Wildman–Crippen LogP) is 4.81. The van der Waals surface area contributed by atoms with Gasteiger partial charge in [-0.1, -0.05) is 24.3 Å². The van der Waals surface area contributed by atoms with Crippen LogP contribution < -0.4 is 10.0 Å². The minimum atomic E-state index is -3.76. The molecule has 0 saturated carbocycles. The van der Waals surface area contributed by atoms with Crippen LogP contribution in [0.25, 0.3) is 0 Å². The number of carbonyl (C=O) groups is 1. The Bertz CT molecular complexity index is 1320. The van der Waals surface area contributed by atoms with Crippen molar-refractivity contribution >= 4 is 55.2 Å². The molecule has 0 aliphatic carbocycles. The summed E-state index contributed by atoms with van der Waals surface area (Å²) in [6.45, 7) is -0.0714. The van der Waals surface area contributed by atoms with Crippen LogP contribution in [0.15, 0.2) is 75.6 Å². The van der Waals surface area contributed by atoms with Crippen LogP contribution >= 0.6 is 22.7 Å². The summed E-state index contributed by atoms with van der Waals surface area (Å²) in [4.78, 5) is 16.7. The van der Waals surface area contributed by atoms with Crippen molar-refractivity contribution in [2.45, 2.75) is 10.8 Å². The third-order valence-corrected chi connectivity index (χ3v) is 7.74. The largest absolute Gasteiger partial charge is 0.507 e. The van der Waals surface area contributed by atoms with Crippen molar-refractivity contribution in [2.24, 2.45) is 0 Å². The van der Waals surface area contributed by atoms with Gasteiger partial charge in [-0.05, 0) is 35.7 Å². The Labute approximate surface area is 192 Å². The number of hydrogen-bond donors (Lipinski definition) is 3. The van der Waals surface area contributed by atoms with Crippen LogP contribution in [0, 0.1) is 0 Å². The Morgan fingerprint density at radius 3 is 2.56 bits per heavy atom. The van der Waals surface area contributed by atoms with Gasteiger partial charge in [0, 0.05) is 17.1 Å². The predicted molar refractivity (Wildman–Crippen MR) is 124 cm³/mol. The smallest absolute Gasteiger partial charge is 0.342 e. The number of aromatic nitrogens is 1. The highest BCUT2D eigenvalue weighted by molar-refractivity contribution is 7.94. The minimum Gasteiger partial charge on any atom is -0.507 e. The van der Waals surface area contributed by atoms with E-state index in [0.717, 1.165) is 23.1 Å². The first-order valence-electron chi connectivity index (χ1n) is 9.24. The summed E-state index contributed by atoms with van der Waals surface area (Å²) in [6.07, 6.45) is 0. The summed E-state index contributed by atoms with van der Waals surface area (Å²) >= 11 is 2.45. The van der Waals surface area contributed by atoms with Crippen LogP contribution in [0.2, 0.25) is 0 Å². The molecule has 0 saturated heterocycles. The number of hydrogen-bond acceptors (Lipinski definition) is 9. The highest BCUT2D eigenvalue weighted by atomic mass is 32.2. The van der Waals surface area contributed by atoms with Gasteiger partial charge in [0.15, 0.2) is 5.13 Å². The second-order valence-electron chi connectivity index (χ2n) is 6.48. The average Bonchev–Trinajstić information content (AvgIpc) is 3.45. The Morgan fingerprint density at radius 2 is 1.84 bits per heavy atom. The molecule has 0 unspecified atom stereocenters. The van der Waals surface area contributed by atoms with Crippen molar-refractivity contribution in [1.29, 1.82) is 0 Å². The molecule has 0 amide bonds. The number of aromatic hydroxyl groups is 1. The average molecular weight is 488 g/mol.